The summed E-state index contributed by atoms with van der Waals surface area (Å²) in [6.07, 6.45) is 6.07. The van der Waals surface area contributed by atoms with E-state index < -0.39 is 0 Å². The van der Waals surface area contributed by atoms with Crippen LogP contribution >= 0.6 is 0 Å². The predicted octanol–water partition coefficient (Wildman–Crippen LogP) is 5.05. The van der Waals surface area contributed by atoms with Crippen molar-refractivity contribution in [2.45, 2.75) is 6.92 Å². The number of rotatable bonds is 5. The van der Waals surface area contributed by atoms with Crippen LogP contribution < -0.4 is 5.32 Å². The molecular weight excluding hydrogens is 254 g/mol. The van der Waals surface area contributed by atoms with Crippen LogP contribution in [-0.2, 0) is 0 Å². The lowest BCUT2D eigenvalue weighted by Crippen LogP contribution is -1.92. The van der Waals surface area contributed by atoms with Gasteiger partial charge < -0.3 is 5.32 Å². The Morgan fingerprint density at radius 3 is 2.38 bits per heavy atom. The van der Waals surface area contributed by atoms with Crippen molar-refractivity contribution in [1.29, 1.82) is 0 Å². The van der Waals surface area contributed by atoms with Gasteiger partial charge in [-0.15, -0.1) is 0 Å². The highest BCUT2D eigenvalue weighted by Crippen LogP contribution is 2.23. The Labute approximate surface area is 127 Å². The molecule has 1 nitrogen and oxygen atoms in total. The molecule has 0 unspecified atom stereocenters. The first kappa shape index (κ1) is 14.9. The van der Waals surface area contributed by atoms with E-state index in [-0.39, 0.29) is 0 Å². The van der Waals surface area contributed by atoms with Gasteiger partial charge in [0.1, 0.15) is 0 Å². The zero-order valence-electron chi connectivity index (χ0n) is 12.6. The fourth-order valence-electron chi connectivity index (χ4n) is 2.13. The van der Waals surface area contributed by atoms with Crippen LogP contribution in [0, 0.1) is 0 Å². The van der Waals surface area contributed by atoms with E-state index in [1.165, 1.54) is 11.1 Å². The minimum atomic E-state index is 1.01. The molecule has 0 bridgehead atoms. The number of allylic oxidation sites excluding steroid dienone is 4. The summed E-state index contributed by atoms with van der Waals surface area (Å²) in [4.78, 5) is 0. The Kier molecular flexibility index (Phi) is 5.16. The third-order valence-electron chi connectivity index (χ3n) is 3.26. The Morgan fingerprint density at radius 2 is 1.67 bits per heavy atom. The number of nitrogens with one attached hydrogen (secondary N) is 1. The molecule has 0 spiro atoms. The third kappa shape index (κ3) is 4.22. The Hall–Kier alpha value is -2.54. The van der Waals surface area contributed by atoms with Crippen LogP contribution in [0.2, 0.25) is 0 Å². The molecule has 2 rings (SSSR count). The highest BCUT2D eigenvalue weighted by molar-refractivity contribution is 5.76. The van der Waals surface area contributed by atoms with Gasteiger partial charge in [0.2, 0.25) is 0 Å². The molecular formula is C20H21N. The molecule has 0 saturated carbocycles. The fraction of sp³-hybridized carbons (Fsp3) is 0.100. The van der Waals surface area contributed by atoms with Crippen molar-refractivity contribution in [3.8, 4) is 11.1 Å². The molecule has 0 aliphatic heterocycles. The van der Waals surface area contributed by atoms with E-state index in [0.29, 0.717) is 0 Å². The highest BCUT2D eigenvalue weighted by atomic mass is 14.8. The molecule has 1 heteroatoms. The first-order valence-electron chi connectivity index (χ1n) is 7.07. The Morgan fingerprint density at radius 1 is 0.952 bits per heavy atom. The standard InChI is InChI=1S/C20H21N/c1-16(15-21-3)12-13-17(2)19-10-7-11-20(14-19)18-8-5-4-6-9-18/h4-15,21H,2H2,1,3H3/b13-12-,16-15-. The lowest BCUT2D eigenvalue weighted by molar-refractivity contribution is 1.08. The molecule has 0 heterocycles. The summed E-state index contributed by atoms with van der Waals surface area (Å²) >= 11 is 0. The van der Waals surface area contributed by atoms with Crippen LogP contribution in [0.4, 0.5) is 0 Å². The van der Waals surface area contributed by atoms with Crippen molar-refractivity contribution in [2.75, 3.05) is 7.05 Å². The Balaban J connectivity index is 2.22. The van der Waals surface area contributed by atoms with Crippen LogP contribution in [-0.4, -0.2) is 7.05 Å². The average Bonchev–Trinajstić information content (AvgIpc) is 2.54. The van der Waals surface area contributed by atoms with Crippen molar-refractivity contribution in [2.24, 2.45) is 0 Å². The van der Waals surface area contributed by atoms with Crippen LogP contribution in [0.25, 0.3) is 16.7 Å². The normalized spacial score (nSPS) is 11.6. The van der Waals surface area contributed by atoms with E-state index in [0.717, 1.165) is 16.7 Å². The molecule has 2 aromatic rings. The van der Waals surface area contributed by atoms with E-state index in [2.05, 4.69) is 73.4 Å². The Bertz CT molecular complexity index is 663. The first-order chi connectivity index (χ1) is 10.2. The summed E-state index contributed by atoms with van der Waals surface area (Å²) in [5.74, 6) is 0. The lowest BCUT2D eigenvalue weighted by Gasteiger charge is -2.06. The minimum absolute atomic E-state index is 1.01. The smallest absolute Gasteiger partial charge is 0.00277 e. The quantitative estimate of drug-likeness (QED) is 0.753. The highest BCUT2D eigenvalue weighted by Gasteiger charge is 2.00. The van der Waals surface area contributed by atoms with Crippen LogP contribution in [0.1, 0.15) is 12.5 Å². The summed E-state index contributed by atoms with van der Waals surface area (Å²) in [5.41, 5.74) is 5.76. The van der Waals surface area contributed by atoms with Gasteiger partial charge in [-0.2, -0.15) is 0 Å². The topological polar surface area (TPSA) is 12.0 Å². The van der Waals surface area contributed by atoms with Crippen molar-refractivity contribution < 1.29 is 0 Å². The first-order valence-corrected chi connectivity index (χ1v) is 7.07. The average molecular weight is 275 g/mol. The van der Waals surface area contributed by atoms with E-state index in [1.807, 2.05) is 25.4 Å². The van der Waals surface area contributed by atoms with E-state index >= 15 is 0 Å². The number of benzene rings is 2. The van der Waals surface area contributed by atoms with Crippen molar-refractivity contribution >= 4 is 5.57 Å². The summed E-state index contributed by atoms with van der Waals surface area (Å²) in [5, 5.41) is 3.02. The second-order valence-electron chi connectivity index (χ2n) is 4.98. The molecule has 2 aromatic carbocycles. The summed E-state index contributed by atoms with van der Waals surface area (Å²) < 4.78 is 0. The van der Waals surface area contributed by atoms with Crippen molar-refractivity contribution in [3.05, 3.63) is 90.7 Å². The third-order valence-corrected chi connectivity index (χ3v) is 3.26. The zero-order chi connectivity index (χ0) is 15.1. The van der Waals surface area contributed by atoms with Gasteiger partial charge in [0.05, 0.1) is 0 Å². The van der Waals surface area contributed by atoms with Crippen LogP contribution in [0.15, 0.2) is 85.1 Å². The molecule has 0 aliphatic rings. The van der Waals surface area contributed by atoms with Gasteiger partial charge in [-0.1, -0.05) is 67.3 Å². The summed E-state index contributed by atoms with van der Waals surface area (Å²) in [7, 11) is 1.90. The number of hydrogen-bond acceptors (Lipinski definition) is 1. The predicted molar refractivity (Wildman–Crippen MR) is 92.9 cm³/mol. The molecule has 0 fully saturated rings. The maximum atomic E-state index is 4.16. The largest absolute Gasteiger partial charge is 0.394 e. The monoisotopic (exact) mass is 275 g/mol. The van der Waals surface area contributed by atoms with E-state index in [4.69, 9.17) is 0 Å². The van der Waals surface area contributed by atoms with Gasteiger partial charge in [0.25, 0.3) is 0 Å². The molecule has 0 saturated heterocycles. The zero-order valence-corrected chi connectivity index (χ0v) is 12.6. The van der Waals surface area contributed by atoms with Crippen molar-refractivity contribution in [1.82, 2.24) is 5.32 Å². The van der Waals surface area contributed by atoms with Gasteiger partial charge >= 0.3 is 0 Å². The molecule has 0 atom stereocenters. The molecule has 106 valence electrons. The molecule has 0 aliphatic carbocycles. The lowest BCUT2D eigenvalue weighted by atomic mass is 9.99. The second kappa shape index (κ2) is 7.30. The summed E-state index contributed by atoms with van der Waals surface area (Å²) in [6, 6.07) is 18.9. The van der Waals surface area contributed by atoms with Gasteiger partial charge in [-0.05, 0) is 47.0 Å². The molecule has 0 aromatic heterocycles. The van der Waals surface area contributed by atoms with Gasteiger partial charge in [-0.25, -0.2) is 0 Å². The van der Waals surface area contributed by atoms with Gasteiger partial charge in [0.15, 0.2) is 0 Å². The minimum Gasteiger partial charge on any atom is -0.394 e. The van der Waals surface area contributed by atoms with E-state index in [9.17, 15) is 0 Å². The molecule has 0 radical (unpaired) electrons. The van der Waals surface area contributed by atoms with Crippen molar-refractivity contribution in [3.63, 3.8) is 0 Å². The number of hydrogen-bond donors (Lipinski definition) is 1. The second-order valence-corrected chi connectivity index (χ2v) is 4.98. The molecule has 21 heavy (non-hydrogen) atoms. The van der Waals surface area contributed by atoms with Gasteiger partial charge in [0, 0.05) is 7.05 Å². The SMILES string of the molecule is C=C(/C=C\C(C)=C/NC)c1cccc(-c2ccccc2)c1. The van der Waals surface area contributed by atoms with E-state index in [1.54, 1.807) is 0 Å². The molecule has 0 amide bonds. The van der Waals surface area contributed by atoms with Gasteiger partial charge in [-0.3, -0.25) is 0 Å². The fourth-order valence-corrected chi connectivity index (χ4v) is 2.13. The summed E-state index contributed by atoms with van der Waals surface area (Å²) in [6.45, 7) is 6.21. The maximum Gasteiger partial charge on any atom is 0.00277 e. The van der Waals surface area contributed by atoms with Crippen LogP contribution in [0.5, 0.6) is 0 Å². The molecule has 1 N–H and O–H groups in total. The van der Waals surface area contributed by atoms with Crippen LogP contribution in [0.3, 0.4) is 0 Å². The maximum absolute atomic E-state index is 4.16.